The Hall–Kier alpha value is -3.76. The molecule has 0 bridgehead atoms. The number of fused-ring (bicyclic) bond motifs is 1. The predicted octanol–water partition coefficient (Wildman–Crippen LogP) is 3.37. The molecule has 1 aliphatic rings. The van der Waals surface area contributed by atoms with Crippen LogP contribution < -0.4 is 10.6 Å². The summed E-state index contributed by atoms with van der Waals surface area (Å²) in [6.07, 6.45) is 2.20. The van der Waals surface area contributed by atoms with Gasteiger partial charge in [0.05, 0.1) is 30.4 Å². The zero-order chi connectivity index (χ0) is 22.8. The number of aryl methyl sites for hydroxylation is 1. The largest absolute Gasteiger partial charge is 0.382 e. The number of benzene rings is 1. The minimum atomic E-state index is -0.588. The number of nitrogens with zero attached hydrogens (tertiary/aromatic N) is 3. The molecule has 3 aromatic heterocycles. The molecule has 1 aliphatic carbocycles. The molecule has 3 N–H and O–H groups in total. The van der Waals surface area contributed by atoms with E-state index in [1.807, 2.05) is 37.3 Å². The third-order valence-corrected chi connectivity index (χ3v) is 5.69. The Bertz CT molecular complexity index is 1270. The van der Waals surface area contributed by atoms with Crippen LogP contribution in [0.3, 0.4) is 0 Å². The normalized spacial score (nSPS) is 19.5. The molecule has 1 fully saturated rings. The minimum absolute atomic E-state index is 0.127. The average molecular weight is 448 g/mol. The van der Waals surface area contributed by atoms with Gasteiger partial charge in [-0.3, -0.25) is 10.4 Å². The van der Waals surface area contributed by atoms with Crippen molar-refractivity contribution in [3.63, 3.8) is 0 Å². The van der Waals surface area contributed by atoms with Crippen LogP contribution in [0.1, 0.15) is 17.7 Å². The van der Waals surface area contributed by atoms with Crippen molar-refractivity contribution in [1.82, 2.24) is 25.7 Å². The molecule has 1 unspecified atom stereocenters. The van der Waals surface area contributed by atoms with Gasteiger partial charge in [-0.2, -0.15) is 5.10 Å². The number of hydrogen-bond acceptors (Lipinski definition) is 7. The monoisotopic (exact) mass is 448 g/mol. The molecule has 1 aromatic carbocycles. The molecule has 0 saturated heterocycles. The molecular weight excluding hydrogens is 424 g/mol. The van der Waals surface area contributed by atoms with Gasteiger partial charge in [0.15, 0.2) is 0 Å². The molecule has 0 radical (unpaired) electrons. The first-order valence-electron chi connectivity index (χ1n) is 10.6. The highest BCUT2D eigenvalue weighted by atomic mass is 16.5. The zero-order valence-corrected chi connectivity index (χ0v) is 18.3. The number of nitrogens with one attached hydrogen (secondary N) is 3. The van der Waals surface area contributed by atoms with Gasteiger partial charge in [-0.15, -0.1) is 0 Å². The van der Waals surface area contributed by atoms with E-state index < -0.39 is 5.54 Å². The average Bonchev–Trinajstić information content (AvgIpc) is 3.12. The quantitative estimate of drug-likeness (QED) is 0.353. The molecule has 10 nitrogen and oxygen atoms in total. The summed E-state index contributed by atoms with van der Waals surface area (Å²) < 4.78 is 16.1. The Kier molecular flexibility index (Phi) is 5.53. The van der Waals surface area contributed by atoms with Crippen LogP contribution in [-0.4, -0.2) is 52.8 Å². The SMILES string of the molecule is COCCO[C@@H]1CC1(NC(=O)Nc1cc2[nH]nc(-c3cc(C)on3)c2cn1)c1ccccc1. The number of methoxy groups -OCH3 is 1. The molecule has 0 spiro atoms. The van der Waals surface area contributed by atoms with E-state index in [2.05, 4.69) is 31.0 Å². The van der Waals surface area contributed by atoms with Crippen molar-refractivity contribution in [3.05, 3.63) is 60.0 Å². The number of aromatic amines is 1. The van der Waals surface area contributed by atoms with Crippen molar-refractivity contribution in [1.29, 1.82) is 0 Å². The number of rotatable bonds is 8. The van der Waals surface area contributed by atoms with Gasteiger partial charge >= 0.3 is 6.03 Å². The van der Waals surface area contributed by atoms with Crippen LogP contribution >= 0.6 is 0 Å². The molecule has 5 rings (SSSR count). The van der Waals surface area contributed by atoms with Crippen LogP contribution in [0.25, 0.3) is 22.3 Å². The standard InChI is InChI=1S/C23H24N6O4/c1-14-10-18(29-33-14)21-16-13-24-20(11-17(16)27-28-21)25-22(30)26-23(15-6-4-3-5-7-15)12-19(23)32-9-8-31-2/h3-7,10-11,13,19H,8-9,12H2,1-2H3,(H,27,28)(H2,24,25,26,30)/t19-,23?/m1/s1. The van der Waals surface area contributed by atoms with E-state index in [0.717, 1.165) is 16.5 Å². The van der Waals surface area contributed by atoms with E-state index >= 15 is 0 Å². The Morgan fingerprint density at radius 3 is 2.88 bits per heavy atom. The zero-order valence-electron chi connectivity index (χ0n) is 18.3. The van der Waals surface area contributed by atoms with Crippen molar-refractivity contribution in [3.8, 4) is 11.4 Å². The molecule has 0 aliphatic heterocycles. The molecule has 2 amide bonds. The van der Waals surface area contributed by atoms with Crippen LogP contribution in [0.2, 0.25) is 0 Å². The fraction of sp³-hybridized carbons (Fsp3) is 0.304. The van der Waals surface area contributed by atoms with E-state index in [4.69, 9.17) is 14.0 Å². The second-order valence-electron chi connectivity index (χ2n) is 7.98. The van der Waals surface area contributed by atoms with Crippen LogP contribution in [0.5, 0.6) is 0 Å². The molecule has 2 atom stereocenters. The fourth-order valence-electron chi connectivity index (χ4n) is 3.96. The van der Waals surface area contributed by atoms with Crippen LogP contribution in [-0.2, 0) is 15.0 Å². The predicted molar refractivity (Wildman–Crippen MR) is 121 cm³/mol. The van der Waals surface area contributed by atoms with E-state index in [9.17, 15) is 4.79 Å². The van der Waals surface area contributed by atoms with Crippen molar-refractivity contribution in [2.24, 2.45) is 0 Å². The highest BCUT2D eigenvalue weighted by Gasteiger charge is 2.58. The minimum Gasteiger partial charge on any atom is -0.382 e. The number of anilines is 1. The second kappa shape index (κ2) is 8.64. The van der Waals surface area contributed by atoms with Gasteiger partial charge in [0.1, 0.15) is 23.0 Å². The van der Waals surface area contributed by atoms with E-state index in [-0.39, 0.29) is 12.1 Å². The van der Waals surface area contributed by atoms with Crippen molar-refractivity contribution in [2.75, 3.05) is 25.6 Å². The van der Waals surface area contributed by atoms with Crippen molar-refractivity contribution >= 4 is 22.8 Å². The lowest BCUT2D eigenvalue weighted by Crippen LogP contribution is -2.41. The van der Waals surface area contributed by atoms with Gasteiger partial charge < -0.3 is 19.3 Å². The number of carbonyl (C=O) groups is 1. The number of H-pyrrole nitrogens is 1. The highest BCUT2D eigenvalue weighted by molar-refractivity contribution is 5.95. The summed E-state index contributed by atoms with van der Waals surface area (Å²) in [4.78, 5) is 17.3. The molecule has 1 saturated carbocycles. The molecular formula is C23H24N6O4. The van der Waals surface area contributed by atoms with E-state index in [1.54, 1.807) is 25.4 Å². The number of aromatic nitrogens is 4. The topological polar surface area (TPSA) is 127 Å². The summed E-state index contributed by atoms with van der Waals surface area (Å²) in [5, 5.41) is 18.0. The summed E-state index contributed by atoms with van der Waals surface area (Å²) in [5.41, 5.74) is 2.39. The fourth-order valence-corrected chi connectivity index (χ4v) is 3.96. The lowest BCUT2D eigenvalue weighted by Gasteiger charge is -2.20. The van der Waals surface area contributed by atoms with Gasteiger partial charge in [-0.25, -0.2) is 9.78 Å². The summed E-state index contributed by atoms with van der Waals surface area (Å²) in [7, 11) is 1.63. The van der Waals surface area contributed by atoms with Crippen molar-refractivity contribution in [2.45, 2.75) is 25.0 Å². The van der Waals surface area contributed by atoms with Crippen LogP contribution in [0.15, 0.2) is 53.2 Å². The van der Waals surface area contributed by atoms with Crippen LogP contribution in [0, 0.1) is 6.92 Å². The summed E-state index contributed by atoms with van der Waals surface area (Å²) in [6, 6.07) is 13.0. The molecule has 33 heavy (non-hydrogen) atoms. The maximum absolute atomic E-state index is 12.9. The Morgan fingerprint density at radius 1 is 1.27 bits per heavy atom. The van der Waals surface area contributed by atoms with Gasteiger partial charge in [0.25, 0.3) is 0 Å². The summed E-state index contributed by atoms with van der Waals surface area (Å²) in [5.74, 6) is 1.09. The maximum Gasteiger partial charge on any atom is 0.321 e. The van der Waals surface area contributed by atoms with Crippen molar-refractivity contribution < 1.29 is 18.8 Å². The Balaban J connectivity index is 1.31. The number of hydrogen-bond donors (Lipinski definition) is 3. The van der Waals surface area contributed by atoms with Gasteiger partial charge in [-0.1, -0.05) is 35.5 Å². The summed E-state index contributed by atoms with van der Waals surface area (Å²) >= 11 is 0. The first-order valence-corrected chi connectivity index (χ1v) is 10.6. The third-order valence-electron chi connectivity index (χ3n) is 5.69. The smallest absolute Gasteiger partial charge is 0.321 e. The molecule has 170 valence electrons. The number of amides is 2. The lowest BCUT2D eigenvalue weighted by atomic mass is 10.0. The highest BCUT2D eigenvalue weighted by Crippen LogP contribution is 2.48. The van der Waals surface area contributed by atoms with Gasteiger partial charge in [0.2, 0.25) is 0 Å². The third kappa shape index (κ3) is 4.18. The van der Waals surface area contributed by atoms with Gasteiger partial charge in [-0.05, 0) is 12.5 Å². The first-order chi connectivity index (χ1) is 16.1. The first kappa shape index (κ1) is 21.1. The number of pyridine rings is 1. The maximum atomic E-state index is 12.9. The van der Waals surface area contributed by atoms with Gasteiger partial charge in [0, 0.05) is 37.2 Å². The Morgan fingerprint density at radius 2 is 2.12 bits per heavy atom. The molecule has 10 heteroatoms. The number of carbonyl (C=O) groups excluding carboxylic acids is 1. The Labute approximate surface area is 189 Å². The second-order valence-corrected chi connectivity index (χ2v) is 7.98. The van der Waals surface area contributed by atoms with E-state index in [0.29, 0.717) is 42.6 Å². The number of urea groups is 1. The van der Waals surface area contributed by atoms with E-state index in [1.165, 1.54) is 0 Å². The lowest BCUT2D eigenvalue weighted by molar-refractivity contribution is 0.0495. The molecule has 3 heterocycles. The summed E-state index contributed by atoms with van der Waals surface area (Å²) in [6.45, 7) is 2.78. The number of ether oxygens (including phenoxy) is 2. The molecule has 4 aromatic rings. The van der Waals surface area contributed by atoms with Crippen LogP contribution in [0.4, 0.5) is 10.6 Å².